The number of benzene rings is 2. The Hall–Kier alpha value is -2.93. The summed E-state index contributed by atoms with van der Waals surface area (Å²) in [6.45, 7) is 5.09. The number of anilines is 1. The quantitative estimate of drug-likeness (QED) is 0.466. The van der Waals surface area contributed by atoms with E-state index in [1.165, 1.54) is 17.0 Å². The van der Waals surface area contributed by atoms with Gasteiger partial charge in [0.25, 0.3) is 0 Å². The number of amides is 2. The van der Waals surface area contributed by atoms with Gasteiger partial charge in [-0.1, -0.05) is 24.3 Å². The van der Waals surface area contributed by atoms with E-state index in [1.807, 2.05) is 0 Å². The van der Waals surface area contributed by atoms with Crippen molar-refractivity contribution in [2.45, 2.75) is 25.7 Å². The fourth-order valence-electron chi connectivity index (χ4n) is 3.38. The molecule has 0 fully saturated rings. The van der Waals surface area contributed by atoms with Crippen LogP contribution in [0.3, 0.4) is 0 Å². The molecule has 7 nitrogen and oxygen atoms in total. The van der Waals surface area contributed by atoms with Crippen LogP contribution in [0.15, 0.2) is 36.4 Å². The molecule has 1 unspecified atom stereocenters. The number of fused-ring (bicyclic) bond motifs is 1. The summed E-state index contributed by atoms with van der Waals surface area (Å²) in [6, 6.07) is 9.59. The monoisotopic (exact) mass is 452 g/mol. The minimum atomic E-state index is -3.91. The van der Waals surface area contributed by atoms with E-state index in [1.54, 1.807) is 44.5 Å². The Kier molecular flexibility index (Phi) is 6.36. The molecule has 1 atom stereocenters. The first kappa shape index (κ1) is 22.7. The third-order valence-corrected chi connectivity index (χ3v) is 6.45. The van der Waals surface area contributed by atoms with Gasteiger partial charge < -0.3 is 24.3 Å². The molecule has 0 aromatic heterocycles. The van der Waals surface area contributed by atoms with Crippen molar-refractivity contribution in [3.05, 3.63) is 36.4 Å². The number of rotatable bonds is 9. The first-order valence-corrected chi connectivity index (χ1v) is 12.2. The maximum Gasteiger partial charge on any atom is 0.586 e. The maximum absolute atomic E-state index is 14.1. The van der Waals surface area contributed by atoms with Gasteiger partial charge >= 0.3 is 6.29 Å². The van der Waals surface area contributed by atoms with E-state index in [2.05, 4.69) is 5.32 Å². The smallest absolute Gasteiger partial charge is 0.395 e. The average molecular weight is 452 g/mol. The second-order valence-electron chi connectivity index (χ2n) is 7.60. The van der Waals surface area contributed by atoms with Crippen molar-refractivity contribution in [3.63, 3.8) is 0 Å². The molecule has 0 saturated heterocycles. The summed E-state index contributed by atoms with van der Waals surface area (Å²) < 4.78 is 50.5. The van der Waals surface area contributed by atoms with Crippen LogP contribution in [0, 0.1) is 0 Å². The van der Waals surface area contributed by atoms with Crippen molar-refractivity contribution in [2.75, 3.05) is 24.8 Å². The van der Waals surface area contributed by atoms with Gasteiger partial charge in [0.15, 0.2) is 11.5 Å². The molecule has 0 aliphatic carbocycles. The molecular weight excluding hydrogens is 429 g/mol. The highest BCUT2D eigenvalue weighted by Crippen LogP contribution is 2.53. The summed E-state index contributed by atoms with van der Waals surface area (Å²) in [7, 11) is -2.73. The van der Waals surface area contributed by atoms with Crippen LogP contribution in [-0.2, 0) is 14.2 Å². The minimum Gasteiger partial charge on any atom is -0.395 e. The first-order chi connectivity index (χ1) is 14.6. The van der Waals surface area contributed by atoms with Crippen molar-refractivity contribution in [1.82, 2.24) is 5.32 Å². The standard InChI is InChI=1S/C21H23F2N2O5P/c1-14(24-12-26)10-11-25(13-27)17-9-8-16(19-20(17)30-21(22,23)29-19)15-6-4-5-7-18(15)31(2,3)28/h4-9,12-14H,10-11H2,1-3H3,(H,24,26). The van der Waals surface area contributed by atoms with Crippen molar-refractivity contribution in [2.24, 2.45) is 0 Å². The Balaban J connectivity index is 2.08. The van der Waals surface area contributed by atoms with Gasteiger partial charge in [-0.15, -0.1) is 8.78 Å². The normalized spacial score (nSPS) is 15.3. The summed E-state index contributed by atoms with van der Waals surface area (Å²) >= 11 is 0. The highest BCUT2D eigenvalue weighted by atomic mass is 31.2. The van der Waals surface area contributed by atoms with Gasteiger partial charge in [0.05, 0.1) is 5.69 Å². The molecule has 0 bridgehead atoms. The lowest BCUT2D eigenvalue weighted by Crippen LogP contribution is -2.31. The van der Waals surface area contributed by atoms with E-state index in [4.69, 9.17) is 9.47 Å². The zero-order chi connectivity index (χ0) is 22.8. The van der Waals surface area contributed by atoms with Crippen LogP contribution in [-0.4, -0.2) is 45.0 Å². The zero-order valence-electron chi connectivity index (χ0n) is 17.3. The second-order valence-corrected chi connectivity index (χ2v) is 10.8. The van der Waals surface area contributed by atoms with Crippen LogP contribution < -0.4 is 25.0 Å². The summed E-state index contributed by atoms with van der Waals surface area (Å²) in [4.78, 5) is 23.5. The second kappa shape index (κ2) is 8.67. The largest absolute Gasteiger partial charge is 0.586 e. The van der Waals surface area contributed by atoms with Gasteiger partial charge in [0.2, 0.25) is 12.8 Å². The summed E-state index contributed by atoms with van der Waals surface area (Å²) in [5.74, 6) is -0.503. The highest BCUT2D eigenvalue weighted by molar-refractivity contribution is 7.70. The van der Waals surface area contributed by atoms with Gasteiger partial charge in [-0.25, -0.2) is 0 Å². The lowest BCUT2D eigenvalue weighted by atomic mass is 10.0. The van der Waals surface area contributed by atoms with E-state index < -0.39 is 13.4 Å². The molecular formula is C21H23F2N2O5P. The summed E-state index contributed by atoms with van der Waals surface area (Å²) in [5, 5.41) is 3.09. The average Bonchev–Trinajstić information content (AvgIpc) is 3.03. The van der Waals surface area contributed by atoms with Crippen LogP contribution in [0.4, 0.5) is 14.5 Å². The SMILES string of the molecule is CC(CCN(C=O)c1ccc(-c2ccccc2P(C)(C)=O)c2c1OC(F)(F)O2)NC=O. The maximum atomic E-state index is 14.1. The predicted octanol–water partition coefficient (Wildman–Crippen LogP) is 3.41. The van der Waals surface area contributed by atoms with Crippen molar-refractivity contribution in [3.8, 4) is 22.6 Å². The lowest BCUT2D eigenvalue weighted by Gasteiger charge is -2.22. The van der Waals surface area contributed by atoms with Crippen LogP contribution >= 0.6 is 7.14 Å². The lowest BCUT2D eigenvalue weighted by molar-refractivity contribution is -0.286. The van der Waals surface area contributed by atoms with Crippen LogP contribution in [0.5, 0.6) is 11.5 Å². The van der Waals surface area contributed by atoms with Crippen LogP contribution in [0.25, 0.3) is 11.1 Å². The van der Waals surface area contributed by atoms with Crippen molar-refractivity contribution >= 4 is 31.0 Å². The number of halogens is 2. The molecule has 0 spiro atoms. The number of ether oxygens (including phenoxy) is 2. The fourth-order valence-corrected chi connectivity index (χ4v) is 4.60. The summed E-state index contributed by atoms with van der Waals surface area (Å²) in [5.41, 5.74) is 0.886. The molecule has 1 N–H and O–H groups in total. The highest BCUT2D eigenvalue weighted by Gasteiger charge is 2.47. The Labute approximate surface area is 178 Å². The van der Waals surface area contributed by atoms with Crippen molar-refractivity contribution < 1.29 is 32.4 Å². The fraction of sp³-hybridized carbons (Fsp3) is 0.333. The number of nitrogens with one attached hydrogen (secondary N) is 1. The molecule has 0 saturated carbocycles. The van der Waals surface area contributed by atoms with Crippen molar-refractivity contribution in [1.29, 1.82) is 0 Å². The zero-order valence-corrected chi connectivity index (χ0v) is 18.2. The van der Waals surface area contributed by atoms with Crippen LogP contribution in [0.1, 0.15) is 13.3 Å². The van der Waals surface area contributed by atoms with Gasteiger partial charge in [-0.05, 0) is 44.4 Å². The molecule has 10 heteroatoms. The Morgan fingerprint density at radius 3 is 2.42 bits per heavy atom. The topological polar surface area (TPSA) is 84.9 Å². The molecule has 1 aliphatic heterocycles. The number of carbonyl (C=O) groups excluding carboxylic acids is 2. The third-order valence-electron chi connectivity index (χ3n) is 4.90. The molecule has 0 radical (unpaired) electrons. The number of hydrogen-bond donors (Lipinski definition) is 1. The van der Waals surface area contributed by atoms with Gasteiger partial charge in [-0.2, -0.15) is 0 Å². The third kappa shape index (κ3) is 4.88. The number of carbonyl (C=O) groups is 2. The number of hydrogen-bond acceptors (Lipinski definition) is 5. The molecule has 3 rings (SSSR count). The molecule has 31 heavy (non-hydrogen) atoms. The Bertz CT molecular complexity index is 1040. The van der Waals surface area contributed by atoms with Gasteiger partial charge in [0, 0.05) is 23.5 Å². The molecule has 2 aromatic carbocycles. The molecule has 1 heterocycles. The van der Waals surface area contributed by atoms with E-state index in [9.17, 15) is 22.9 Å². The number of alkyl halides is 2. The van der Waals surface area contributed by atoms with Gasteiger partial charge in [0.1, 0.15) is 7.14 Å². The molecule has 166 valence electrons. The Morgan fingerprint density at radius 2 is 1.77 bits per heavy atom. The molecule has 2 aromatic rings. The van der Waals surface area contributed by atoms with Gasteiger partial charge in [-0.3, -0.25) is 9.59 Å². The van der Waals surface area contributed by atoms with E-state index >= 15 is 0 Å². The number of nitrogens with zero attached hydrogens (tertiary/aromatic N) is 1. The first-order valence-electron chi connectivity index (χ1n) is 9.57. The molecule has 1 aliphatic rings. The minimum absolute atomic E-state index is 0.109. The predicted molar refractivity (Wildman–Crippen MR) is 114 cm³/mol. The Morgan fingerprint density at radius 1 is 1.10 bits per heavy atom. The summed E-state index contributed by atoms with van der Waals surface area (Å²) in [6.07, 6.45) is -2.46. The van der Waals surface area contributed by atoms with E-state index in [-0.39, 0.29) is 35.3 Å². The van der Waals surface area contributed by atoms with Crippen LogP contribution in [0.2, 0.25) is 0 Å². The van der Waals surface area contributed by atoms with E-state index in [0.717, 1.165) is 0 Å². The molecule has 2 amide bonds. The van der Waals surface area contributed by atoms with E-state index in [0.29, 0.717) is 30.1 Å².